The van der Waals surface area contributed by atoms with Gasteiger partial charge in [0.25, 0.3) is 0 Å². The first-order valence-corrected chi connectivity index (χ1v) is 9.04. The molecular weight excluding hydrogens is 339 g/mol. The largest absolute Gasteiger partial charge is 0.367 e. The molecule has 3 rings (SSSR count). The predicted molar refractivity (Wildman–Crippen MR) is 99.6 cm³/mol. The van der Waals surface area contributed by atoms with E-state index in [1.54, 1.807) is 12.1 Å². The second-order valence-corrected chi connectivity index (χ2v) is 6.74. The van der Waals surface area contributed by atoms with E-state index in [1.807, 2.05) is 18.2 Å². The van der Waals surface area contributed by atoms with Gasteiger partial charge in [-0.25, -0.2) is 4.39 Å². The monoisotopic (exact) mass is 360 g/mol. The smallest absolute Gasteiger partial charge is 0.220 e. The Balaban J connectivity index is 1.50. The van der Waals surface area contributed by atoms with Gasteiger partial charge in [0, 0.05) is 41.8 Å². The number of amides is 1. The standard InChI is InChI=1S/C20H22ClFN2O/c21-18-9-4-10-19(22)17(18)11-12-20(25)23-14-16-8-5-13-24(16)15-6-2-1-3-7-15/h1-4,6-7,9-10,16H,5,8,11-14H2,(H,23,25). The number of halogens is 2. The number of nitrogens with one attached hydrogen (secondary N) is 1. The molecule has 1 unspecified atom stereocenters. The fourth-order valence-corrected chi connectivity index (χ4v) is 3.59. The van der Waals surface area contributed by atoms with Gasteiger partial charge in [0.1, 0.15) is 5.82 Å². The predicted octanol–water partition coefficient (Wildman–Crippen LogP) is 4.20. The van der Waals surface area contributed by atoms with Crippen LogP contribution in [0.2, 0.25) is 5.02 Å². The summed E-state index contributed by atoms with van der Waals surface area (Å²) in [5, 5.41) is 3.36. The molecule has 1 aliphatic rings. The van der Waals surface area contributed by atoms with Crippen molar-refractivity contribution in [1.82, 2.24) is 5.32 Å². The fraction of sp³-hybridized carbons (Fsp3) is 0.350. The third-order valence-electron chi connectivity index (χ3n) is 4.66. The van der Waals surface area contributed by atoms with Gasteiger partial charge < -0.3 is 10.2 Å². The molecule has 0 aliphatic carbocycles. The van der Waals surface area contributed by atoms with Gasteiger partial charge >= 0.3 is 0 Å². The van der Waals surface area contributed by atoms with Crippen LogP contribution in [0.1, 0.15) is 24.8 Å². The molecule has 1 saturated heterocycles. The zero-order valence-electron chi connectivity index (χ0n) is 14.1. The third-order valence-corrected chi connectivity index (χ3v) is 5.02. The quantitative estimate of drug-likeness (QED) is 0.837. The van der Waals surface area contributed by atoms with E-state index in [9.17, 15) is 9.18 Å². The average molecular weight is 361 g/mol. The van der Waals surface area contributed by atoms with E-state index in [0.717, 1.165) is 19.4 Å². The summed E-state index contributed by atoms with van der Waals surface area (Å²) in [7, 11) is 0. The minimum Gasteiger partial charge on any atom is -0.367 e. The lowest BCUT2D eigenvalue weighted by molar-refractivity contribution is -0.121. The van der Waals surface area contributed by atoms with Crippen molar-refractivity contribution in [3.8, 4) is 0 Å². The molecule has 3 nitrogen and oxygen atoms in total. The summed E-state index contributed by atoms with van der Waals surface area (Å²) in [6.45, 7) is 1.62. The van der Waals surface area contributed by atoms with Crippen LogP contribution < -0.4 is 10.2 Å². The Morgan fingerprint density at radius 2 is 2.00 bits per heavy atom. The number of rotatable bonds is 6. The molecular formula is C20H22ClFN2O. The molecule has 0 bridgehead atoms. The first-order chi connectivity index (χ1) is 12.1. The number of para-hydroxylation sites is 1. The van der Waals surface area contributed by atoms with Crippen LogP contribution in [0.4, 0.5) is 10.1 Å². The Morgan fingerprint density at radius 1 is 1.20 bits per heavy atom. The normalized spacial score (nSPS) is 16.9. The maximum atomic E-state index is 13.7. The highest BCUT2D eigenvalue weighted by atomic mass is 35.5. The minimum atomic E-state index is -0.355. The van der Waals surface area contributed by atoms with Crippen LogP contribution in [0.3, 0.4) is 0 Å². The Hall–Kier alpha value is -2.07. The van der Waals surface area contributed by atoms with E-state index in [4.69, 9.17) is 11.6 Å². The van der Waals surface area contributed by atoms with E-state index in [2.05, 4.69) is 22.3 Å². The maximum absolute atomic E-state index is 13.7. The van der Waals surface area contributed by atoms with Gasteiger partial charge in [0.2, 0.25) is 5.91 Å². The van der Waals surface area contributed by atoms with Crippen LogP contribution in [0.5, 0.6) is 0 Å². The molecule has 0 aromatic heterocycles. The fourth-order valence-electron chi connectivity index (χ4n) is 3.34. The molecule has 5 heteroatoms. The number of nitrogens with zero attached hydrogens (tertiary/aromatic N) is 1. The molecule has 132 valence electrons. The highest BCUT2D eigenvalue weighted by Crippen LogP contribution is 2.25. The molecule has 1 N–H and O–H groups in total. The van der Waals surface area contributed by atoms with E-state index in [-0.39, 0.29) is 18.1 Å². The van der Waals surface area contributed by atoms with Crippen molar-refractivity contribution in [1.29, 1.82) is 0 Å². The Labute approximate surface area is 152 Å². The van der Waals surface area contributed by atoms with Crippen LogP contribution in [0.15, 0.2) is 48.5 Å². The number of carbonyl (C=O) groups is 1. The SMILES string of the molecule is O=C(CCc1c(F)cccc1Cl)NCC1CCCN1c1ccccc1. The molecule has 0 radical (unpaired) electrons. The number of anilines is 1. The number of hydrogen-bond acceptors (Lipinski definition) is 2. The second kappa shape index (κ2) is 8.34. The van der Waals surface area contributed by atoms with Crippen LogP contribution >= 0.6 is 11.6 Å². The maximum Gasteiger partial charge on any atom is 0.220 e. The van der Waals surface area contributed by atoms with Gasteiger partial charge in [0.15, 0.2) is 0 Å². The lowest BCUT2D eigenvalue weighted by atomic mass is 10.1. The number of hydrogen-bond donors (Lipinski definition) is 1. The molecule has 1 aliphatic heterocycles. The van der Waals surface area contributed by atoms with Crippen LogP contribution in [0.25, 0.3) is 0 Å². The van der Waals surface area contributed by atoms with E-state index in [0.29, 0.717) is 29.6 Å². The van der Waals surface area contributed by atoms with Crippen LogP contribution in [-0.2, 0) is 11.2 Å². The zero-order chi connectivity index (χ0) is 17.6. The summed E-state index contributed by atoms with van der Waals surface area (Å²) < 4.78 is 13.7. The molecule has 1 fully saturated rings. The molecule has 1 atom stereocenters. The van der Waals surface area contributed by atoms with Crippen molar-refractivity contribution in [3.63, 3.8) is 0 Å². The minimum absolute atomic E-state index is 0.0702. The highest BCUT2D eigenvalue weighted by Gasteiger charge is 2.24. The van der Waals surface area contributed by atoms with Gasteiger partial charge in [-0.15, -0.1) is 0 Å². The molecule has 1 amide bonds. The van der Waals surface area contributed by atoms with Gasteiger partial charge in [-0.3, -0.25) is 4.79 Å². The van der Waals surface area contributed by atoms with Gasteiger partial charge in [-0.2, -0.15) is 0 Å². The number of carbonyl (C=O) groups excluding carboxylic acids is 1. The summed E-state index contributed by atoms with van der Waals surface area (Å²) in [5.74, 6) is -0.425. The molecule has 25 heavy (non-hydrogen) atoms. The van der Waals surface area contributed by atoms with E-state index >= 15 is 0 Å². The second-order valence-electron chi connectivity index (χ2n) is 6.33. The van der Waals surface area contributed by atoms with Crippen molar-refractivity contribution in [2.75, 3.05) is 18.0 Å². The van der Waals surface area contributed by atoms with Gasteiger partial charge in [0.05, 0.1) is 0 Å². The van der Waals surface area contributed by atoms with Gasteiger partial charge in [-0.05, 0) is 43.5 Å². The average Bonchev–Trinajstić information content (AvgIpc) is 3.09. The van der Waals surface area contributed by atoms with Crippen LogP contribution in [0, 0.1) is 5.82 Å². The molecule has 0 spiro atoms. The van der Waals surface area contributed by atoms with Crippen molar-refractivity contribution >= 4 is 23.2 Å². The highest BCUT2D eigenvalue weighted by molar-refractivity contribution is 6.31. The van der Waals surface area contributed by atoms with Crippen molar-refractivity contribution < 1.29 is 9.18 Å². The van der Waals surface area contributed by atoms with Gasteiger partial charge in [-0.1, -0.05) is 35.9 Å². The molecule has 2 aromatic carbocycles. The molecule has 2 aromatic rings. The summed E-state index contributed by atoms with van der Waals surface area (Å²) in [6, 6.07) is 15.2. The summed E-state index contributed by atoms with van der Waals surface area (Å²) in [5.41, 5.74) is 1.60. The van der Waals surface area contributed by atoms with Crippen molar-refractivity contribution in [2.24, 2.45) is 0 Å². The number of benzene rings is 2. The Kier molecular flexibility index (Phi) is 5.92. The topological polar surface area (TPSA) is 32.3 Å². The van der Waals surface area contributed by atoms with E-state index in [1.165, 1.54) is 11.8 Å². The lowest BCUT2D eigenvalue weighted by Gasteiger charge is -2.27. The summed E-state index contributed by atoms with van der Waals surface area (Å²) >= 11 is 6.00. The summed E-state index contributed by atoms with van der Waals surface area (Å²) in [6.07, 6.45) is 2.73. The van der Waals surface area contributed by atoms with Crippen LogP contribution in [-0.4, -0.2) is 25.0 Å². The van der Waals surface area contributed by atoms with Crippen molar-refractivity contribution in [3.05, 3.63) is 64.9 Å². The Morgan fingerprint density at radius 3 is 2.76 bits per heavy atom. The summed E-state index contributed by atoms with van der Waals surface area (Å²) in [4.78, 5) is 14.5. The lowest BCUT2D eigenvalue weighted by Crippen LogP contribution is -2.40. The van der Waals surface area contributed by atoms with E-state index < -0.39 is 0 Å². The Bertz CT molecular complexity index is 703. The first-order valence-electron chi connectivity index (χ1n) is 8.66. The first kappa shape index (κ1) is 17.7. The zero-order valence-corrected chi connectivity index (χ0v) is 14.8. The molecule has 1 heterocycles. The molecule has 0 saturated carbocycles. The van der Waals surface area contributed by atoms with Crippen molar-refractivity contribution in [2.45, 2.75) is 31.7 Å². The third kappa shape index (κ3) is 4.51.